The number of rotatable bonds is 5. The van der Waals surface area contributed by atoms with E-state index in [1.54, 1.807) is 37.4 Å². The maximum atomic E-state index is 13.3. The Labute approximate surface area is 188 Å². The number of ether oxygens (including phenoxy) is 1. The summed E-state index contributed by atoms with van der Waals surface area (Å²) in [5, 5.41) is 4.03. The summed E-state index contributed by atoms with van der Waals surface area (Å²) in [5.41, 5.74) is 3.95. The van der Waals surface area contributed by atoms with Gasteiger partial charge >= 0.3 is 6.61 Å². The van der Waals surface area contributed by atoms with E-state index in [1.165, 1.54) is 18.2 Å². The Bertz CT molecular complexity index is 1310. The van der Waals surface area contributed by atoms with E-state index in [9.17, 15) is 13.6 Å². The largest absolute Gasteiger partial charge is 0.435 e. The van der Waals surface area contributed by atoms with Crippen LogP contribution in [0.3, 0.4) is 0 Å². The summed E-state index contributed by atoms with van der Waals surface area (Å²) in [6.45, 7) is 0.619. The first-order chi connectivity index (χ1) is 15.3. The maximum absolute atomic E-state index is 13.3. The molecule has 0 saturated carbocycles. The zero-order chi connectivity index (χ0) is 22.8. The molecule has 2 heterocycles. The van der Waals surface area contributed by atoms with Gasteiger partial charge in [0.2, 0.25) is 0 Å². The van der Waals surface area contributed by atoms with E-state index in [-0.39, 0.29) is 11.7 Å². The smallest absolute Gasteiger partial charge is 0.387 e. The highest BCUT2D eigenvalue weighted by Gasteiger charge is 2.18. The number of nitrogens with one attached hydrogen (secondary N) is 1. The zero-order valence-electron chi connectivity index (χ0n) is 17.2. The zero-order valence-corrected chi connectivity index (χ0v) is 18.0. The first-order valence-electron chi connectivity index (χ1n) is 9.71. The van der Waals surface area contributed by atoms with Crippen molar-refractivity contribution in [2.45, 2.75) is 20.5 Å². The van der Waals surface area contributed by atoms with Crippen LogP contribution in [0.4, 0.5) is 14.5 Å². The number of carbonyl (C=O) groups excluding carboxylic acids is 1. The molecular weight excluding hydrogens is 436 g/mol. The average Bonchev–Trinajstić information content (AvgIpc) is 2.77. The minimum absolute atomic E-state index is 0.0209. The Hall–Kier alpha value is -3.58. The number of carbonyl (C=O) groups is 1. The van der Waals surface area contributed by atoms with Crippen LogP contribution in [0, 0.1) is 13.8 Å². The Balaban J connectivity index is 1.78. The van der Waals surface area contributed by atoms with Gasteiger partial charge in [0.15, 0.2) is 0 Å². The summed E-state index contributed by atoms with van der Waals surface area (Å²) >= 11 is 6.30. The van der Waals surface area contributed by atoms with Crippen LogP contribution in [0.1, 0.15) is 21.5 Å². The number of pyridine rings is 2. The minimum Gasteiger partial charge on any atom is -0.435 e. The molecule has 0 spiro atoms. The van der Waals surface area contributed by atoms with Crippen molar-refractivity contribution in [2.75, 3.05) is 5.32 Å². The summed E-state index contributed by atoms with van der Waals surface area (Å²) in [6.07, 6.45) is 1.65. The highest BCUT2D eigenvalue weighted by atomic mass is 35.5. The molecule has 8 heteroatoms. The summed E-state index contributed by atoms with van der Waals surface area (Å²) in [7, 11) is 0. The molecule has 0 radical (unpaired) electrons. The molecule has 0 aliphatic rings. The Kier molecular flexibility index (Phi) is 6.01. The lowest BCUT2D eigenvalue weighted by molar-refractivity contribution is -0.0498. The van der Waals surface area contributed by atoms with Gasteiger partial charge in [-0.25, -0.2) is 4.98 Å². The van der Waals surface area contributed by atoms with Gasteiger partial charge in [0.25, 0.3) is 5.91 Å². The minimum atomic E-state index is -2.92. The summed E-state index contributed by atoms with van der Waals surface area (Å²) in [4.78, 5) is 22.3. The van der Waals surface area contributed by atoms with E-state index >= 15 is 0 Å². The second kappa shape index (κ2) is 8.88. The number of halogens is 3. The highest BCUT2D eigenvalue weighted by molar-refractivity contribution is 6.32. The van der Waals surface area contributed by atoms with Crippen molar-refractivity contribution >= 4 is 34.1 Å². The predicted octanol–water partition coefficient (Wildman–Crippen LogP) is 6.42. The standard InChI is InChI=1S/C24H18ClF2N3O2/c1-13-11-15(32-24(26)27)6-9-19(13)30-23(31)17-12-21(20-5-3-4-10-28-20)29-22-14(2)18(25)8-7-16(17)22/h3-12,24H,1-2H3,(H,30,31). The van der Waals surface area contributed by atoms with Crippen LogP contribution in [-0.4, -0.2) is 22.5 Å². The average molecular weight is 454 g/mol. The molecule has 0 aliphatic carbocycles. The third kappa shape index (κ3) is 4.38. The predicted molar refractivity (Wildman–Crippen MR) is 120 cm³/mol. The van der Waals surface area contributed by atoms with E-state index in [2.05, 4.69) is 15.0 Å². The number of alkyl halides is 2. The molecule has 2 aromatic heterocycles. The molecule has 0 bridgehead atoms. The number of fused-ring (bicyclic) bond motifs is 1. The topological polar surface area (TPSA) is 64.1 Å². The molecule has 162 valence electrons. The molecule has 4 rings (SSSR count). The molecule has 4 aromatic rings. The van der Waals surface area contributed by atoms with Crippen molar-refractivity contribution < 1.29 is 18.3 Å². The van der Waals surface area contributed by atoms with Gasteiger partial charge in [0, 0.05) is 22.3 Å². The van der Waals surface area contributed by atoms with Crippen molar-refractivity contribution in [1.82, 2.24) is 9.97 Å². The molecule has 0 atom stereocenters. The fraction of sp³-hybridized carbons (Fsp3) is 0.125. The van der Waals surface area contributed by atoms with Crippen molar-refractivity contribution in [3.05, 3.63) is 82.5 Å². The van der Waals surface area contributed by atoms with Crippen LogP contribution in [-0.2, 0) is 0 Å². The Morgan fingerprint density at radius 3 is 2.56 bits per heavy atom. The lowest BCUT2D eigenvalue weighted by Gasteiger charge is -2.14. The van der Waals surface area contributed by atoms with Crippen LogP contribution >= 0.6 is 11.6 Å². The molecule has 5 nitrogen and oxygen atoms in total. The van der Waals surface area contributed by atoms with E-state index in [4.69, 9.17) is 16.6 Å². The normalized spacial score (nSPS) is 11.1. The van der Waals surface area contributed by atoms with Crippen molar-refractivity contribution in [3.63, 3.8) is 0 Å². The Morgan fingerprint density at radius 2 is 1.88 bits per heavy atom. The number of benzene rings is 2. The van der Waals surface area contributed by atoms with Gasteiger partial charge in [-0.2, -0.15) is 8.78 Å². The molecule has 0 saturated heterocycles. The Morgan fingerprint density at radius 1 is 1.06 bits per heavy atom. The number of hydrogen-bond donors (Lipinski definition) is 1. The molecule has 32 heavy (non-hydrogen) atoms. The molecule has 2 aromatic carbocycles. The molecular formula is C24H18ClF2N3O2. The van der Waals surface area contributed by atoms with E-state index in [0.717, 1.165) is 5.56 Å². The number of amides is 1. The van der Waals surface area contributed by atoms with Crippen LogP contribution in [0.25, 0.3) is 22.3 Å². The highest BCUT2D eigenvalue weighted by Crippen LogP contribution is 2.31. The lowest BCUT2D eigenvalue weighted by Crippen LogP contribution is -2.14. The quantitative estimate of drug-likeness (QED) is 0.378. The number of aromatic nitrogens is 2. The summed E-state index contributed by atoms with van der Waals surface area (Å²) < 4.78 is 29.3. The number of nitrogens with zero attached hydrogens (tertiary/aromatic N) is 2. The van der Waals surface area contributed by atoms with E-state index in [1.807, 2.05) is 19.1 Å². The van der Waals surface area contributed by atoms with Gasteiger partial charge in [-0.1, -0.05) is 23.7 Å². The third-order valence-electron chi connectivity index (χ3n) is 5.01. The van der Waals surface area contributed by atoms with Crippen molar-refractivity contribution in [2.24, 2.45) is 0 Å². The number of aryl methyl sites for hydroxylation is 2. The number of anilines is 1. The molecule has 0 aliphatic heterocycles. The lowest BCUT2D eigenvalue weighted by atomic mass is 10.0. The van der Waals surface area contributed by atoms with Crippen LogP contribution < -0.4 is 10.1 Å². The monoisotopic (exact) mass is 453 g/mol. The first kappa shape index (κ1) is 21.6. The fourth-order valence-electron chi connectivity index (χ4n) is 3.38. The molecule has 0 unspecified atom stereocenters. The van der Waals surface area contributed by atoms with Gasteiger partial charge in [-0.3, -0.25) is 9.78 Å². The summed E-state index contributed by atoms with van der Waals surface area (Å²) in [5.74, 6) is -0.352. The van der Waals surface area contributed by atoms with Crippen LogP contribution in [0.5, 0.6) is 5.75 Å². The second-order valence-corrected chi connectivity index (χ2v) is 7.56. The van der Waals surface area contributed by atoms with E-state index in [0.29, 0.717) is 44.1 Å². The second-order valence-electron chi connectivity index (χ2n) is 7.15. The maximum Gasteiger partial charge on any atom is 0.387 e. The summed E-state index contributed by atoms with van der Waals surface area (Å²) in [6, 6.07) is 14.9. The number of hydrogen-bond acceptors (Lipinski definition) is 4. The molecule has 1 amide bonds. The van der Waals surface area contributed by atoms with Gasteiger partial charge < -0.3 is 10.1 Å². The SMILES string of the molecule is Cc1cc(OC(F)F)ccc1NC(=O)c1cc(-c2ccccn2)nc2c(C)c(Cl)ccc12. The third-order valence-corrected chi connectivity index (χ3v) is 5.42. The molecule has 0 fully saturated rings. The van der Waals surface area contributed by atoms with E-state index < -0.39 is 6.61 Å². The first-order valence-corrected chi connectivity index (χ1v) is 10.1. The van der Waals surface area contributed by atoms with Crippen LogP contribution in [0.15, 0.2) is 60.8 Å². The van der Waals surface area contributed by atoms with Crippen LogP contribution in [0.2, 0.25) is 5.02 Å². The van der Waals surface area contributed by atoms with Gasteiger partial charge in [-0.15, -0.1) is 0 Å². The van der Waals surface area contributed by atoms with Gasteiger partial charge in [0.1, 0.15) is 5.75 Å². The fourth-order valence-corrected chi connectivity index (χ4v) is 3.53. The van der Waals surface area contributed by atoms with Gasteiger partial charge in [0.05, 0.1) is 22.5 Å². The van der Waals surface area contributed by atoms with Gasteiger partial charge in [-0.05, 0) is 67.4 Å². The van der Waals surface area contributed by atoms with Crippen molar-refractivity contribution in [3.8, 4) is 17.1 Å². The molecule has 1 N–H and O–H groups in total. The van der Waals surface area contributed by atoms with Crippen molar-refractivity contribution in [1.29, 1.82) is 0 Å².